The van der Waals surface area contributed by atoms with Crippen molar-refractivity contribution in [2.45, 2.75) is 24.9 Å². The Labute approximate surface area is 111 Å². The van der Waals surface area contributed by atoms with E-state index in [1.807, 2.05) is 17.0 Å². The number of carbonyl (C=O) groups is 1. The standard InChI is InChI=1S/C16H14N2O/c19-16(13-7-3-4-10-17-13)18-14-8-9-15(18)12-6-2-1-5-11(12)14/h1-7,10,14-15H,8-9H2/t14-,15-/m0/s1. The molecule has 0 radical (unpaired) electrons. The Morgan fingerprint density at radius 3 is 2.21 bits per heavy atom. The van der Waals surface area contributed by atoms with Gasteiger partial charge in [0.15, 0.2) is 0 Å². The molecular formula is C16H14N2O. The van der Waals surface area contributed by atoms with Crippen molar-refractivity contribution in [2.24, 2.45) is 0 Å². The average Bonchev–Trinajstić information content (AvgIpc) is 3.04. The third kappa shape index (κ3) is 1.44. The highest BCUT2D eigenvalue weighted by Gasteiger charge is 2.46. The highest BCUT2D eigenvalue weighted by atomic mass is 16.2. The number of carbonyl (C=O) groups excluding carboxylic acids is 1. The first-order valence-corrected chi connectivity index (χ1v) is 6.69. The molecule has 2 bridgehead atoms. The van der Waals surface area contributed by atoms with E-state index in [2.05, 4.69) is 29.2 Å². The van der Waals surface area contributed by atoms with Crippen LogP contribution in [0, 0.1) is 0 Å². The molecule has 0 saturated carbocycles. The van der Waals surface area contributed by atoms with Crippen molar-refractivity contribution in [1.82, 2.24) is 9.88 Å². The topological polar surface area (TPSA) is 33.2 Å². The van der Waals surface area contributed by atoms with E-state index in [-0.39, 0.29) is 18.0 Å². The van der Waals surface area contributed by atoms with Crippen LogP contribution in [0.1, 0.15) is 46.5 Å². The Morgan fingerprint density at radius 1 is 1.00 bits per heavy atom. The summed E-state index contributed by atoms with van der Waals surface area (Å²) in [5.74, 6) is 0.0595. The van der Waals surface area contributed by atoms with Crippen LogP contribution in [0.4, 0.5) is 0 Å². The highest BCUT2D eigenvalue weighted by molar-refractivity contribution is 5.93. The van der Waals surface area contributed by atoms with E-state index < -0.39 is 0 Å². The van der Waals surface area contributed by atoms with Gasteiger partial charge in [0.2, 0.25) is 0 Å². The summed E-state index contributed by atoms with van der Waals surface area (Å²) in [4.78, 5) is 18.9. The molecule has 1 aromatic heterocycles. The van der Waals surface area contributed by atoms with E-state index in [9.17, 15) is 4.79 Å². The van der Waals surface area contributed by atoms with Crippen LogP contribution in [0.15, 0.2) is 48.7 Å². The van der Waals surface area contributed by atoms with E-state index >= 15 is 0 Å². The minimum absolute atomic E-state index is 0.0595. The number of aromatic nitrogens is 1. The van der Waals surface area contributed by atoms with Gasteiger partial charge in [-0.05, 0) is 36.1 Å². The van der Waals surface area contributed by atoms with Crippen LogP contribution in [0.25, 0.3) is 0 Å². The van der Waals surface area contributed by atoms with Gasteiger partial charge in [0.05, 0.1) is 12.1 Å². The lowest BCUT2D eigenvalue weighted by Crippen LogP contribution is -2.28. The second-order valence-electron chi connectivity index (χ2n) is 5.17. The maximum absolute atomic E-state index is 12.6. The molecule has 2 aliphatic heterocycles. The molecule has 2 atom stereocenters. The van der Waals surface area contributed by atoms with Crippen LogP contribution < -0.4 is 0 Å². The Bertz CT molecular complexity index is 607. The molecule has 3 nitrogen and oxygen atoms in total. The summed E-state index contributed by atoms with van der Waals surface area (Å²) in [7, 11) is 0. The highest BCUT2D eigenvalue weighted by Crippen LogP contribution is 2.53. The minimum atomic E-state index is 0.0595. The lowest BCUT2D eigenvalue weighted by molar-refractivity contribution is 0.0691. The zero-order chi connectivity index (χ0) is 12.8. The molecule has 0 spiro atoms. The molecule has 3 heterocycles. The fraction of sp³-hybridized carbons (Fsp3) is 0.250. The molecule has 0 N–H and O–H groups in total. The number of nitrogens with zero attached hydrogens (tertiary/aromatic N) is 2. The second-order valence-corrected chi connectivity index (χ2v) is 5.17. The summed E-state index contributed by atoms with van der Waals surface area (Å²) < 4.78 is 0. The van der Waals surface area contributed by atoms with E-state index in [1.165, 1.54) is 11.1 Å². The van der Waals surface area contributed by atoms with Gasteiger partial charge < -0.3 is 4.90 Å². The minimum Gasteiger partial charge on any atom is -0.323 e. The van der Waals surface area contributed by atoms with Crippen molar-refractivity contribution in [1.29, 1.82) is 0 Å². The van der Waals surface area contributed by atoms with Gasteiger partial charge in [-0.2, -0.15) is 0 Å². The molecule has 19 heavy (non-hydrogen) atoms. The van der Waals surface area contributed by atoms with Crippen LogP contribution in [0.2, 0.25) is 0 Å². The van der Waals surface area contributed by atoms with Crippen LogP contribution in [0.5, 0.6) is 0 Å². The molecule has 0 unspecified atom stereocenters. The molecule has 1 aromatic carbocycles. The van der Waals surface area contributed by atoms with Gasteiger partial charge in [0, 0.05) is 6.20 Å². The predicted octanol–water partition coefficient (Wildman–Crippen LogP) is 3.11. The first-order valence-electron chi connectivity index (χ1n) is 6.69. The SMILES string of the molecule is O=C(c1ccccn1)N1[C@H]2CC[C@H]1c1ccccc12. The van der Waals surface area contributed by atoms with Crippen molar-refractivity contribution in [3.05, 3.63) is 65.5 Å². The molecular weight excluding hydrogens is 236 g/mol. The Balaban J connectivity index is 1.75. The van der Waals surface area contributed by atoms with Crippen LogP contribution >= 0.6 is 0 Å². The molecule has 1 amide bonds. The summed E-state index contributed by atoms with van der Waals surface area (Å²) in [5.41, 5.74) is 3.19. The van der Waals surface area contributed by atoms with E-state index in [4.69, 9.17) is 0 Å². The van der Waals surface area contributed by atoms with Crippen molar-refractivity contribution in [2.75, 3.05) is 0 Å². The monoisotopic (exact) mass is 250 g/mol. The lowest BCUT2D eigenvalue weighted by Gasteiger charge is -2.22. The normalized spacial score (nSPS) is 23.5. The van der Waals surface area contributed by atoms with Gasteiger partial charge >= 0.3 is 0 Å². The van der Waals surface area contributed by atoms with Crippen molar-refractivity contribution in [3.63, 3.8) is 0 Å². The fourth-order valence-corrected chi connectivity index (χ4v) is 3.44. The third-order valence-electron chi connectivity index (χ3n) is 4.22. The fourth-order valence-electron chi connectivity index (χ4n) is 3.44. The number of hydrogen-bond acceptors (Lipinski definition) is 2. The van der Waals surface area contributed by atoms with Crippen molar-refractivity contribution < 1.29 is 4.79 Å². The average molecular weight is 250 g/mol. The lowest BCUT2D eigenvalue weighted by atomic mass is 9.92. The smallest absolute Gasteiger partial charge is 0.273 e. The molecule has 4 rings (SSSR count). The largest absolute Gasteiger partial charge is 0.323 e. The summed E-state index contributed by atoms with van der Waals surface area (Å²) in [6.07, 6.45) is 3.82. The van der Waals surface area contributed by atoms with Crippen LogP contribution in [-0.4, -0.2) is 15.8 Å². The molecule has 2 aromatic rings. The van der Waals surface area contributed by atoms with Crippen molar-refractivity contribution in [3.8, 4) is 0 Å². The molecule has 94 valence electrons. The number of hydrogen-bond donors (Lipinski definition) is 0. The maximum atomic E-state index is 12.6. The Kier molecular flexibility index (Phi) is 2.21. The zero-order valence-corrected chi connectivity index (χ0v) is 10.5. The van der Waals surface area contributed by atoms with E-state index in [0.717, 1.165) is 12.8 Å². The number of amides is 1. The zero-order valence-electron chi connectivity index (χ0n) is 10.5. The van der Waals surface area contributed by atoms with Gasteiger partial charge in [-0.25, -0.2) is 0 Å². The number of benzene rings is 1. The first kappa shape index (κ1) is 10.7. The number of rotatable bonds is 1. The quantitative estimate of drug-likeness (QED) is 0.779. The third-order valence-corrected chi connectivity index (χ3v) is 4.22. The van der Waals surface area contributed by atoms with Gasteiger partial charge in [0.25, 0.3) is 5.91 Å². The van der Waals surface area contributed by atoms with Crippen LogP contribution in [0.3, 0.4) is 0 Å². The summed E-state index contributed by atoms with van der Waals surface area (Å²) in [5, 5.41) is 0. The first-order chi connectivity index (χ1) is 9.36. The summed E-state index contributed by atoms with van der Waals surface area (Å²) in [6, 6.07) is 14.4. The van der Waals surface area contributed by atoms with Gasteiger partial charge in [0.1, 0.15) is 5.69 Å². The summed E-state index contributed by atoms with van der Waals surface area (Å²) >= 11 is 0. The number of pyridine rings is 1. The van der Waals surface area contributed by atoms with E-state index in [1.54, 1.807) is 12.3 Å². The van der Waals surface area contributed by atoms with Gasteiger partial charge in [-0.3, -0.25) is 9.78 Å². The van der Waals surface area contributed by atoms with Crippen LogP contribution in [-0.2, 0) is 0 Å². The molecule has 1 saturated heterocycles. The molecule has 1 fully saturated rings. The van der Waals surface area contributed by atoms with Gasteiger partial charge in [-0.1, -0.05) is 30.3 Å². The van der Waals surface area contributed by atoms with E-state index in [0.29, 0.717) is 5.69 Å². The number of fused-ring (bicyclic) bond motifs is 5. The molecule has 0 aliphatic carbocycles. The Hall–Kier alpha value is -2.16. The summed E-state index contributed by atoms with van der Waals surface area (Å²) in [6.45, 7) is 0. The van der Waals surface area contributed by atoms with Gasteiger partial charge in [-0.15, -0.1) is 0 Å². The predicted molar refractivity (Wildman–Crippen MR) is 71.6 cm³/mol. The molecule has 3 heteroatoms. The molecule has 2 aliphatic rings. The maximum Gasteiger partial charge on any atom is 0.273 e. The van der Waals surface area contributed by atoms with Crippen molar-refractivity contribution >= 4 is 5.91 Å². The Morgan fingerprint density at radius 2 is 1.63 bits per heavy atom. The second kappa shape index (κ2) is 3.92.